The number of hydrogen-bond donors (Lipinski definition) is 0. The van der Waals surface area contributed by atoms with Crippen LogP contribution in [0.5, 0.6) is 23.0 Å². The van der Waals surface area contributed by atoms with E-state index < -0.39 is 0 Å². The second-order valence-electron chi connectivity index (χ2n) is 18.3. The quantitative estimate of drug-likeness (QED) is 0.156. The highest BCUT2D eigenvalue weighted by Crippen LogP contribution is 2.47. The van der Waals surface area contributed by atoms with Crippen molar-refractivity contribution < 1.29 is 13.9 Å². The van der Waals surface area contributed by atoms with Gasteiger partial charge in [-0.15, -0.1) is 0 Å². The molecule has 0 atom stereocenters. The molecule has 2 aromatic heterocycles. The van der Waals surface area contributed by atoms with Gasteiger partial charge in [-0.25, -0.2) is 0 Å². The van der Waals surface area contributed by atoms with Gasteiger partial charge in [-0.2, -0.15) is 0 Å². The summed E-state index contributed by atoms with van der Waals surface area (Å²) < 4.78 is 24.0. The fourth-order valence-electron chi connectivity index (χ4n) is 12.2. The summed E-state index contributed by atoms with van der Waals surface area (Å²) in [4.78, 5) is 4.60. The van der Waals surface area contributed by atoms with Gasteiger partial charge in [0.25, 0.3) is 13.4 Å². The summed E-state index contributed by atoms with van der Waals surface area (Å²) in [6.45, 7) is -0.225. The highest BCUT2D eigenvalue weighted by atomic mass is 16.5. The second-order valence-corrected chi connectivity index (χ2v) is 18.3. The summed E-state index contributed by atoms with van der Waals surface area (Å²) in [5.41, 5.74) is 18.8. The first-order valence-electron chi connectivity index (χ1n) is 23.3. The minimum Gasteiger partial charge on any atom is -0.458 e. The summed E-state index contributed by atoms with van der Waals surface area (Å²) in [5.74, 6) is 3.27. The molecule has 0 aliphatic carbocycles. The predicted octanol–water partition coefficient (Wildman–Crippen LogP) is 11.5. The van der Waals surface area contributed by atoms with Crippen molar-refractivity contribution in [1.29, 1.82) is 0 Å². The van der Waals surface area contributed by atoms with Gasteiger partial charge in [-0.05, 0) is 106 Å². The fraction of sp³-hybridized carbons (Fsp3) is 0. The molecule has 4 aliphatic rings. The van der Waals surface area contributed by atoms with Gasteiger partial charge in [0.05, 0.1) is 5.52 Å². The topological polar surface area (TPSA) is 43.0 Å². The summed E-state index contributed by atoms with van der Waals surface area (Å²) in [6, 6.07) is 75.6. The van der Waals surface area contributed by atoms with Crippen LogP contribution in [-0.4, -0.2) is 18.0 Å². The lowest BCUT2D eigenvalue weighted by molar-refractivity contribution is 0.465. The highest BCUT2D eigenvalue weighted by molar-refractivity contribution is 7.03. The summed E-state index contributed by atoms with van der Waals surface area (Å²) in [7, 11) is 0. The van der Waals surface area contributed by atoms with Gasteiger partial charge in [-0.1, -0.05) is 121 Å². The van der Waals surface area contributed by atoms with Crippen LogP contribution in [0, 0.1) is 0 Å². The van der Waals surface area contributed by atoms with Crippen molar-refractivity contribution in [1.82, 2.24) is 4.57 Å². The van der Waals surface area contributed by atoms with Gasteiger partial charge >= 0.3 is 0 Å². The van der Waals surface area contributed by atoms with Crippen molar-refractivity contribution in [2.75, 3.05) is 9.80 Å². The fourth-order valence-corrected chi connectivity index (χ4v) is 12.2. The standard InChI is InChI=1S/C60H35B2N3O3/c1-5-16-36(17-6-1)63(37-18-7-2-8-19-37)40-28-30-44-49(32-40)67-52-35-53-57-60-56(52)61(44)46-26-15-25-43-55-54-42-24-13-14-27-48(42)66-51(54)34-47(59(55)65(60)58(43)46)62(57)45-31-29-41(33-50(45)68-53)64(38-20-9-3-10-21-38)39-22-11-4-12-23-39/h1-35H. The Morgan fingerprint density at radius 3 is 1.40 bits per heavy atom. The zero-order valence-corrected chi connectivity index (χ0v) is 36.4. The molecule has 0 radical (unpaired) electrons. The van der Waals surface area contributed by atoms with Crippen LogP contribution < -0.4 is 52.1 Å². The summed E-state index contributed by atoms with van der Waals surface area (Å²) in [5, 5.41) is 4.73. The Balaban J connectivity index is 0.980. The first-order valence-corrected chi connectivity index (χ1v) is 23.3. The van der Waals surface area contributed by atoms with Gasteiger partial charge in [0.2, 0.25) is 0 Å². The molecule has 0 saturated carbocycles. The normalized spacial score (nSPS) is 13.2. The second kappa shape index (κ2) is 13.4. The zero-order valence-electron chi connectivity index (χ0n) is 36.4. The molecule has 0 N–H and O–H groups in total. The summed E-state index contributed by atoms with van der Waals surface area (Å²) >= 11 is 0. The van der Waals surface area contributed by atoms with E-state index in [1.54, 1.807) is 0 Å². The Hall–Kier alpha value is -8.87. The van der Waals surface area contributed by atoms with Crippen molar-refractivity contribution in [3.63, 3.8) is 0 Å². The van der Waals surface area contributed by atoms with E-state index in [0.29, 0.717) is 0 Å². The SMILES string of the molecule is c1ccc(N(c2ccccc2)c2ccc3c(c2)Oc2cc4c5c6c2B3c2cccc3c7c8c(cc(c7n-6c23)B5c2ccc(N(c3ccccc3)c3ccccc3)cc2O4)oc2ccccc28)cc1. The molecule has 0 bridgehead atoms. The smallest absolute Gasteiger partial charge is 0.256 e. The van der Waals surface area contributed by atoms with Crippen LogP contribution in [0.15, 0.2) is 217 Å². The Morgan fingerprint density at radius 1 is 0.338 bits per heavy atom. The first kappa shape index (κ1) is 36.4. The van der Waals surface area contributed by atoms with Gasteiger partial charge in [0.1, 0.15) is 34.2 Å². The Bertz CT molecular complexity index is 4040. The number of benzene rings is 10. The maximum atomic E-state index is 7.31. The van der Waals surface area contributed by atoms with Gasteiger partial charge in [-0.3, -0.25) is 0 Å². The summed E-state index contributed by atoms with van der Waals surface area (Å²) in [6.07, 6.45) is 0. The van der Waals surface area contributed by atoms with Crippen LogP contribution in [0.25, 0.3) is 49.4 Å². The van der Waals surface area contributed by atoms with Gasteiger partial charge < -0.3 is 28.3 Å². The molecular formula is C60H35B2N3O3. The average molecular weight is 868 g/mol. The molecule has 0 amide bonds. The van der Waals surface area contributed by atoms with Crippen molar-refractivity contribution in [3.05, 3.63) is 212 Å². The third kappa shape index (κ3) is 4.78. The van der Waals surface area contributed by atoms with Crippen molar-refractivity contribution in [2.45, 2.75) is 0 Å². The number of anilines is 6. The molecule has 314 valence electrons. The molecule has 16 rings (SSSR count). The van der Waals surface area contributed by atoms with E-state index in [1.165, 1.54) is 43.9 Å². The molecule has 4 aliphatic heterocycles. The number of hydrogen-bond acceptors (Lipinski definition) is 5. The van der Waals surface area contributed by atoms with Crippen LogP contribution in [0.4, 0.5) is 34.1 Å². The molecule has 0 unspecified atom stereocenters. The van der Waals surface area contributed by atoms with E-state index >= 15 is 0 Å². The van der Waals surface area contributed by atoms with Crippen LogP contribution >= 0.6 is 0 Å². The molecule has 6 heterocycles. The van der Waals surface area contributed by atoms with Gasteiger partial charge in [0, 0.05) is 85.1 Å². The van der Waals surface area contributed by atoms with Gasteiger partial charge in [0.15, 0.2) is 0 Å². The van der Waals surface area contributed by atoms with Crippen LogP contribution in [0.3, 0.4) is 0 Å². The van der Waals surface area contributed by atoms with E-state index in [4.69, 9.17) is 13.9 Å². The number of fused-ring (bicyclic) bond motifs is 11. The molecule has 6 nitrogen and oxygen atoms in total. The Labute approximate surface area is 391 Å². The lowest BCUT2D eigenvalue weighted by Gasteiger charge is -2.40. The molecule has 12 aromatic rings. The number of rotatable bonds is 6. The molecule has 10 aromatic carbocycles. The van der Waals surface area contributed by atoms with Crippen molar-refractivity contribution in [3.8, 4) is 28.7 Å². The first-order chi connectivity index (χ1) is 33.7. The number of ether oxygens (including phenoxy) is 2. The average Bonchev–Trinajstić information content (AvgIpc) is 3.94. The lowest BCUT2D eigenvalue weighted by atomic mass is 9.30. The lowest BCUT2D eigenvalue weighted by Crippen LogP contribution is -2.65. The van der Waals surface area contributed by atoms with E-state index in [0.717, 1.165) is 95.4 Å². The maximum Gasteiger partial charge on any atom is 0.256 e. The number of furan rings is 1. The van der Waals surface area contributed by atoms with E-state index in [9.17, 15) is 0 Å². The maximum absolute atomic E-state index is 7.31. The monoisotopic (exact) mass is 867 g/mol. The molecule has 68 heavy (non-hydrogen) atoms. The van der Waals surface area contributed by atoms with E-state index in [2.05, 4.69) is 227 Å². The number of aromatic nitrogens is 1. The molecule has 0 spiro atoms. The Kier molecular flexibility index (Phi) is 7.15. The highest BCUT2D eigenvalue weighted by Gasteiger charge is 2.49. The van der Waals surface area contributed by atoms with Crippen molar-refractivity contribution in [2.24, 2.45) is 0 Å². The van der Waals surface area contributed by atoms with Crippen LogP contribution in [0.1, 0.15) is 0 Å². The zero-order chi connectivity index (χ0) is 44.2. The third-order valence-corrected chi connectivity index (χ3v) is 14.8. The molecule has 8 heteroatoms. The minimum atomic E-state index is -0.141. The minimum absolute atomic E-state index is 0.0848. The Morgan fingerprint density at radius 2 is 0.838 bits per heavy atom. The van der Waals surface area contributed by atoms with Crippen LogP contribution in [0.2, 0.25) is 0 Å². The predicted molar refractivity (Wildman–Crippen MR) is 280 cm³/mol. The van der Waals surface area contributed by atoms with E-state index in [1.807, 2.05) is 0 Å². The third-order valence-electron chi connectivity index (χ3n) is 14.8. The van der Waals surface area contributed by atoms with Crippen molar-refractivity contribution >= 4 is 124 Å². The number of para-hydroxylation sites is 6. The molecule has 0 fully saturated rings. The molecule has 0 saturated heterocycles. The molecular weight excluding hydrogens is 832 g/mol. The van der Waals surface area contributed by atoms with E-state index in [-0.39, 0.29) is 13.4 Å². The van der Waals surface area contributed by atoms with Crippen LogP contribution in [-0.2, 0) is 0 Å². The largest absolute Gasteiger partial charge is 0.458 e. The number of nitrogens with zero attached hydrogens (tertiary/aromatic N) is 3.